The summed E-state index contributed by atoms with van der Waals surface area (Å²) >= 11 is 0. The second-order valence-electron chi connectivity index (χ2n) is 5.30. The fourth-order valence-corrected chi connectivity index (χ4v) is 2.28. The summed E-state index contributed by atoms with van der Waals surface area (Å²) in [6.45, 7) is 3.87. The zero-order valence-electron chi connectivity index (χ0n) is 12.2. The first-order valence-corrected chi connectivity index (χ1v) is 7.14. The highest BCUT2D eigenvalue weighted by Crippen LogP contribution is 2.19. The summed E-state index contributed by atoms with van der Waals surface area (Å²) in [4.78, 5) is 14.0. The van der Waals surface area contributed by atoms with Crippen molar-refractivity contribution in [1.82, 2.24) is 4.90 Å². The number of amides is 2. The zero-order chi connectivity index (χ0) is 15.2. The highest BCUT2D eigenvalue weighted by Gasteiger charge is 2.20. The second-order valence-corrected chi connectivity index (χ2v) is 5.30. The Hall–Kier alpha value is -2.06. The molecule has 5 heteroatoms. The van der Waals surface area contributed by atoms with Crippen LogP contribution in [0.5, 0.6) is 0 Å². The van der Waals surface area contributed by atoms with E-state index >= 15 is 0 Å². The number of hydrogen-bond acceptors (Lipinski definition) is 2. The SMILES string of the molecule is CC1CCN(C(=O)Nc2ccc(F)cc2C#CCN)CC1. The Kier molecular flexibility index (Phi) is 5.18. The van der Waals surface area contributed by atoms with Gasteiger partial charge in [-0.05, 0) is 37.0 Å². The maximum absolute atomic E-state index is 13.3. The van der Waals surface area contributed by atoms with Gasteiger partial charge in [0.2, 0.25) is 0 Å². The predicted octanol–water partition coefficient (Wildman–Crippen LogP) is 2.40. The fourth-order valence-electron chi connectivity index (χ4n) is 2.28. The van der Waals surface area contributed by atoms with Gasteiger partial charge in [-0.1, -0.05) is 18.8 Å². The molecule has 112 valence electrons. The first-order chi connectivity index (χ1) is 10.1. The lowest BCUT2D eigenvalue weighted by molar-refractivity contribution is 0.186. The number of nitrogens with two attached hydrogens (primary N) is 1. The van der Waals surface area contributed by atoms with Crippen molar-refractivity contribution in [2.45, 2.75) is 19.8 Å². The summed E-state index contributed by atoms with van der Waals surface area (Å²) in [5, 5.41) is 2.81. The molecule has 1 fully saturated rings. The Morgan fingerprint density at radius 2 is 2.19 bits per heavy atom. The van der Waals surface area contributed by atoms with Gasteiger partial charge in [0.1, 0.15) is 5.82 Å². The molecule has 0 aliphatic carbocycles. The van der Waals surface area contributed by atoms with Crippen LogP contribution in [0.4, 0.5) is 14.9 Å². The number of rotatable bonds is 1. The molecule has 1 aliphatic heterocycles. The summed E-state index contributed by atoms with van der Waals surface area (Å²) in [5.41, 5.74) is 6.29. The van der Waals surface area contributed by atoms with Gasteiger partial charge in [0.05, 0.1) is 17.8 Å². The van der Waals surface area contributed by atoms with Crippen molar-refractivity contribution in [2.24, 2.45) is 11.7 Å². The number of halogens is 1. The van der Waals surface area contributed by atoms with E-state index in [0.29, 0.717) is 17.2 Å². The molecule has 1 aromatic rings. The third kappa shape index (κ3) is 4.20. The normalized spacial score (nSPS) is 15.3. The number of anilines is 1. The van der Waals surface area contributed by atoms with E-state index in [1.807, 2.05) is 0 Å². The van der Waals surface area contributed by atoms with Crippen molar-refractivity contribution in [1.29, 1.82) is 0 Å². The molecule has 0 aromatic heterocycles. The van der Waals surface area contributed by atoms with Crippen molar-refractivity contribution in [2.75, 3.05) is 25.0 Å². The van der Waals surface area contributed by atoms with Gasteiger partial charge in [-0.15, -0.1) is 0 Å². The predicted molar refractivity (Wildman–Crippen MR) is 81.3 cm³/mol. The Bertz CT molecular complexity index is 569. The van der Waals surface area contributed by atoms with Gasteiger partial charge >= 0.3 is 6.03 Å². The van der Waals surface area contributed by atoms with Crippen LogP contribution in [-0.2, 0) is 0 Å². The largest absolute Gasteiger partial charge is 0.325 e. The first kappa shape index (κ1) is 15.3. The van der Waals surface area contributed by atoms with E-state index in [2.05, 4.69) is 24.1 Å². The minimum absolute atomic E-state index is 0.163. The molecule has 3 N–H and O–H groups in total. The highest BCUT2D eigenvalue weighted by molar-refractivity contribution is 5.91. The van der Waals surface area contributed by atoms with Crippen LogP contribution in [0.2, 0.25) is 0 Å². The maximum atomic E-state index is 13.3. The van der Waals surface area contributed by atoms with Crippen LogP contribution < -0.4 is 11.1 Å². The number of nitrogens with one attached hydrogen (secondary N) is 1. The quantitative estimate of drug-likeness (QED) is 0.780. The Morgan fingerprint density at radius 1 is 1.48 bits per heavy atom. The fraction of sp³-hybridized carbons (Fsp3) is 0.438. The Balaban J connectivity index is 2.10. The minimum Gasteiger partial charge on any atom is -0.325 e. The molecule has 0 bridgehead atoms. The lowest BCUT2D eigenvalue weighted by atomic mass is 10.00. The van der Waals surface area contributed by atoms with Crippen molar-refractivity contribution in [3.05, 3.63) is 29.6 Å². The van der Waals surface area contributed by atoms with E-state index in [0.717, 1.165) is 25.9 Å². The minimum atomic E-state index is -0.388. The molecule has 0 unspecified atom stereocenters. The van der Waals surface area contributed by atoms with E-state index in [9.17, 15) is 9.18 Å². The summed E-state index contributed by atoms with van der Waals surface area (Å²) in [6, 6.07) is 3.97. The number of likely N-dealkylation sites (tertiary alicyclic amines) is 1. The highest BCUT2D eigenvalue weighted by atomic mass is 19.1. The molecule has 0 radical (unpaired) electrons. The molecule has 21 heavy (non-hydrogen) atoms. The summed E-state index contributed by atoms with van der Waals surface area (Å²) in [7, 11) is 0. The molecule has 2 amide bonds. The summed E-state index contributed by atoms with van der Waals surface area (Å²) in [6.07, 6.45) is 2.02. The maximum Gasteiger partial charge on any atom is 0.321 e. The Labute approximate surface area is 124 Å². The van der Waals surface area contributed by atoms with Crippen LogP contribution in [-0.4, -0.2) is 30.6 Å². The van der Waals surface area contributed by atoms with Crippen molar-refractivity contribution in [3.8, 4) is 11.8 Å². The molecule has 4 nitrogen and oxygen atoms in total. The van der Waals surface area contributed by atoms with Crippen LogP contribution in [0.15, 0.2) is 18.2 Å². The van der Waals surface area contributed by atoms with Crippen LogP contribution in [0.3, 0.4) is 0 Å². The van der Waals surface area contributed by atoms with Gasteiger partial charge in [0.25, 0.3) is 0 Å². The van der Waals surface area contributed by atoms with Crippen molar-refractivity contribution < 1.29 is 9.18 Å². The van der Waals surface area contributed by atoms with Gasteiger partial charge in [-0.2, -0.15) is 0 Å². The standard InChI is InChI=1S/C16H20FN3O/c1-12-6-9-20(10-7-12)16(21)19-15-5-4-14(17)11-13(15)3-2-8-18/h4-5,11-12H,6-10,18H2,1H3,(H,19,21). The Morgan fingerprint density at radius 3 is 2.86 bits per heavy atom. The molecule has 1 aliphatic rings. The molecule has 1 heterocycles. The second kappa shape index (κ2) is 7.09. The van der Waals surface area contributed by atoms with E-state index in [1.54, 1.807) is 4.90 Å². The van der Waals surface area contributed by atoms with Crippen LogP contribution in [0.1, 0.15) is 25.3 Å². The molecular formula is C16H20FN3O. The monoisotopic (exact) mass is 289 g/mol. The average molecular weight is 289 g/mol. The molecule has 2 rings (SSSR count). The van der Waals surface area contributed by atoms with Gasteiger partial charge in [-0.3, -0.25) is 0 Å². The van der Waals surface area contributed by atoms with Gasteiger partial charge in [-0.25, -0.2) is 9.18 Å². The topological polar surface area (TPSA) is 58.4 Å². The third-order valence-corrected chi connectivity index (χ3v) is 3.62. The smallest absolute Gasteiger partial charge is 0.321 e. The number of nitrogens with zero attached hydrogens (tertiary/aromatic N) is 1. The van der Waals surface area contributed by atoms with E-state index in [1.165, 1.54) is 18.2 Å². The van der Waals surface area contributed by atoms with Crippen molar-refractivity contribution >= 4 is 11.7 Å². The van der Waals surface area contributed by atoms with Crippen molar-refractivity contribution in [3.63, 3.8) is 0 Å². The van der Waals surface area contributed by atoms with Gasteiger partial charge in [0, 0.05) is 13.1 Å². The molecule has 0 spiro atoms. The lowest BCUT2D eigenvalue weighted by Gasteiger charge is -2.30. The number of urea groups is 1. The number of carbonyl (C=O) groups is 1. The van der Waals surface area contributed by atoms with Crippen LogP contribution >= 0.6 is 0 Å². The summed E-state index contributed by atoms with van der Waals surface area (Å²) in [5.74, 6) is 5.73. The first-order valence-electron chi connectivity index (χ1n) is 7.14. The molecular weight excluding hydrogens is 269 g/mol. The van der Waals surface area contributed by atoms with Gasteiger partial charge in [0.15, 0.2) is 0 Å². The molecule has 1 saturated heterocycles. The molecule has 0 saturated carbocycles. The van der Waals surface area contributed by atoms with Crippen LogP contribution in [0, 0.1) is 23.6 Å². The van der Waals surface area contributed by atoms with E-state index in [4.69, 9.17) is 5.73 Å². The zero-order valence-corrected chi connectivity index (χ0v) is 12.2. The molecule has 1 aromatic carbocycles. The number of benzene rings is 1. The number of piperidine rings is 1. The van der Waals surface area contributed by atoms with Crippen LogP contribution in [0.25, 0.3) is 0 Å². The van der Waals surface area contributed by atoms with Gasteiger partial charge < -0.3 is 16.0 Å². The van der Waals surface area contributed by atoms with E-state index in [-0.39, 0.29) is 18.4 Å². The lowest BCUT2D eigenvalue weighted by Crippen LogP contribution is -2.40. The molecule has 0 atom stereocenters. The third-order valence-electron chi connectivity index (χ3n) is 3.62. The summed E-state index contributed by atoms with van der Waals surface area (Å²) < 4.78 is 13.3. The average Bonchev–Trinajstić information content (AvgIpc) is 2.48. The number of carbonyl (C=O) groups excluding carboxylic acids is 1. The van der Waals surface area contributed by atoms with E-state index < -0.39 is 0 Å². The number of hydrogen-bond donors (Lipinski definition) is 2.